The summed E-state index contributed by atoms with van der Waals surface area (Å²) in [6.45, 7) is 0. The molecule has 7 heteroatoms. The van der Waals surface area contributed by atoms with Gasteiger partial charge in [-0.1, -0.05) is 36.0 Å². The fraction of sp³-hybridized carbons (Fsp3) is 0.0588. The zero-order chi connectivity index (χ0) is 16.4. The number of H-pyrrole nitrogens is 1. The van der Waals surface area contributed by atoms with Crippen LogP contribution in [0.5, 0.6) is 0 Å². The number of rotatable bonds is 4. The number of benzene rings is 1. The Morgan fingerprint density at radius 1 is 1.12 bits per heavy atom. The van der Waals surface area contributed by atoms with Crippen LogP contribution in [0.2, 0.25) is 0 Å². The molecule has 0 radical (unpaired) electrons. The fourth-order valence-corrected chi connectivity index (χ4v) is 3.37. The van der Waals surface area contributed by atoms with E-state index in [2.05, 4.69) is 19.9 Å². The van der Waals surface area contributed by atoms with Crippen LogP contribution in [-0.4, -0.2) is 24.5 Å². The summed E-state index contributed by atoms with van der Waals surface area (Å²) in [4.78, 5) is 27.6. The van der Waals surface area contributed by atoms with E-state index in [9.17, 15) is 4.79 Å². The first-order valence-electron chi connectivity index (χ1n) is 7.36. The van der Waals surface area contributed by atoms with Gasteiger partial charge in [-0.3, -0.25) is 14.3 Å². The number of pyridine rings is 1. The number of fused-ring (bicyclic) bond motifs is 1. The molecule has 3 heterocycles. The van der Waals surface area contributed by atoms with Crippen LogP contribution in [0.25, 0.3) is 16.9 Å². The van der Waals surface area contributed by atoms with E-state index in [-0.39, 0.29) is 5.56 Å². The van der Waals surface area contributed by atoms with E-state index in [1.165, 1.54) is 6.33 Å². The second kappa shape index (κ2) is 6.29. The lowest BCUT2D eigenvalue weighted by Gasteiger charge is -2.08. The summed E-state index contributed by atoms with van der Waals surface area (Å²) in [5, 5.41) is 0.726. The minimum atomic E-state index is -0.238. The Hall–Kier alpha value is -2.93. The maximum atomic E-state index is 12.1. The van der Waals surface area contributed by atoms with Crippen molar-refractivity contribution in [2.45, 2.75) is 10.9 Å². The predicted molar refractivity (Wildman–Crippen MR) is 93.3 cm³/mol. The molecule has 0 unspecified atom stereocenters. The molecule has 1 aromatic carbocycles. The number of para-hydroxylation sites is 1. The van der Waals surface area contributed by atoms with Gasteiger partial charge in [0, 0.05) is 23.8 Å². The van der Waals surface area contributed by atoms with Crippen molar-refractivity contribution in [3.8, 4) is 5.69 Å². The number of hydrogen-bond donors (Lipinski definition) is 1. The van der Waals surface area contributed by atoms with Crippen LogP contribution in [0.3, 0.4) is 0 Å². The number of hydrogen-bond acceptors (Lipinski definition) is 5. The first kappa shape index (κ1) is 14.6. The van der Waals surface area contributed by atoms with E-state index in [1.807, 2.05) is 53.2 Å². The summed E-state index contributed by atoms with van der Waals surface area (Å²) in [5.41, 5.74) is 2.68. The van der Waals surface area contributed by atoms with Gasteiger partial charge in [0.15, 0.2) is 16.3 Å². The van der Waals surface area contributed by atoms with Crippen molar-refractivity contribution in [1.29, 1.82) is 0 Å². The number of aromatic nitrogens is 5. The first-order valence-corrected chi connectivity index (χ1v) is 8.35. The molecule has 0 fully saturated rings. The lowest BCUT2D eigenvalue weighted by Crippen LogP contribution is -2.07. The van der Waals surface area contributed by atoms with Gasteiger partial charge in [0.05, 0.1) is 6.33 Å². The van der Waals surface area contributed by atoms with Crippen LogP contribution in [0.1, 0.15) is 5.56 Å². The van der Waals surface area contributed by atoms with Crippen LogP contribution >= 0.6 is 11.8 Å². The number of nitrogens with one attached hydrogen (secondary N) is 1. The summed E-state index contributed by atoms with van der Waals surface area (Å²) in [6, 6.07) is 13.7. The molecule has 0 bridgehead atoms. The highest BCUT2D eigenvalue weighted by atomic mass is 32.2. The van der Waals surface area contributed by atoms with Crippen molar-refractivity contribution in [3.05, 3.63) is 77.1 Å². The molecule has 0 atom stereocenters. The van der Waals surface area contributed by atoms with Gasteiger partial charge in [-0.05, 0) is 23.8 Å². The van der Waals surface area contributed by atoms with Crippen molar-refractivity contribution < 1.29 is 0 Å². The molecule has 0 aliphatic heterocycles. The molecule has 0 aliphatic carbocycles. The summed E-state index contributed by atoms with van der Waals surface area (Å²) >= 11 is 1.55. The fourth-order valence-electron chi connectivity index (χ4n) is 2.42. The van der Waals surface area contributed by atoms with E-state index >= 15 is 0 Å². The van der Waals surface area contributed by atoms with Gasteiger partial charge in [0.25, 0.3) is 5.56 Å². The van der Waals surface area contributed by atoms with Gasteiger partial charge < -0.3 is 4.98 Å². The first-order chi connectivity index (χ1) is 11.8. The van der Waals surface area contributed by atoms with Crippen LogP contribution in [0, 0.1) is 0 Å². The highest BCUT2D eigenvalue weighted by Gasteiger charge is 2.16. The molecule has 3 aromatic heterocycles. The minimum absolute atomic E-state index is 0.238. The Morgan fingerprint density at radius 2 is 2.00 bits per heavy atom. The summed E-state index contributed by atoms with van der Waals surface area (Å²) in [6.07, 6.45) is 4.98. The maximum absolute atomic E-state index is 12.1. The minimum Gasteiger partial charge on any atom is -0.311 e. The molecule has 1 N–H and O–H groups in total. The molecule has 4 rings (SSSR count). The van der Waals surface area contributed by atoms with Crippen molar-refractivity contribution in [2.24, 2.45) is 0 Å². The number of thioether (sulfide) groups is 1. The molecular weight excluding hydrogens is 322 g/mol. The second-order valence-corrected chi connectivity index (χ2v) is 6.06. The molecule has 0 amide bonds. The van der Waals surface area contributed by atoms with Gasteiger partial charge in [-0.15, -0.1) is 0 Å². The van der Waals surface area contributed by atoms with Gasteiger partial charge in [-0.2, -0.15) is 0 Å². The molecule has 0 aliphatic rings. The SMILES string of the molecule is O=c1[nH]cnc2c1nc(SCc1cccnc1)n2-c1ccccc1. The van der Waals surface area contributed by atoms with Crippen molar-refractivity contribution in [1.82, 2.24) is 24.5 Å². The van der Waals surface area contributed by atoms with E-state index in [0.29, 0.717) is 16.9 Å². The highest BCUT2D eigenvalue weighted by molar-refractivity contribution is 7.98. The Balaban J connectivity index is 1.82. The summed E-state index contributed by atoms with van der Waals surface area (Å²) in [5.74, 6) is 0.710. The van der Waals surface area contributed by atoms with E-state index in [0.717, 1.165) is 16.4 Å². The van der Waals surface area contributed by atoms with Crippen LogP contribution in [0.15, 0.2) is 71.1 Å². The average molecular weight is 335 g/mol. The van der Waals surface area contributed by atoms with E-state index < -0.39 is 0 Å². The normalized spacial score (nSPS) is 11.0. The smallest absolute Gasteiger partial charge is 0.278 e. The largest absolute Gasteiger partial charge is 0.311 e. The summed E-state index contributed by atoms with van der Waals surface area (Å²) in [7, 11) is 0. The second-order valence-electron chi connectivity index (χ2n) is 5.12. The van der Waals surface area contributed by atoms with Gasteiger partial charge >= 0.3 is 0 Å². The third-order valence-corrected chi connectivity index (χ3v) is 4.53. The Bertz CT molecular complexity index is 1030. The molecule has 4 aromatic rings. The average Bonchev–Trinajstić information content (AvgIpc) is 3.01. The standard InChI is InChI=1S/C17H13N5OS/c23-16-14-15(19-11-20-16)22(13-6-2-1-3-7-13)17(21-14)24-10-12-5-4-8-18-9-12/h1-9,11H,10H2,(H,19,20,23). The maximum Gasteiger partial charge on any atom is 0.278 e. The van der Waals surface area contributed by atoms with E-state index in [4.69, 9.17) is 0 Å². The van der Waals surface area contributed by atoms with Crippen molar-refractivity contribution in [3.63, 3.8) is 0 Å². The molecule has 0 spiro atoms. The van der Waals surface area contributed by atoms with E-state index in [1.54, 1.807) is 18.0 Å². The van der Waals surface area contributed by atoms with Gasteiger partial charge in [0.1, 0.15) is 0 Å². The van der Waals surface area contributed by atoms with Crippen molar-refractivity contribution >= 4 is 22.9 Å². The Morgan fingerprint density at radius 3 is 2.79 bits per heavy atom. The number of imidazole rings is 1. The lowest BCUT2D eigenvalue weighted by molar-refractivity contribution is 0.908. The van der Waals surface area contributed by atoms with Gasteiger partial charge in [-0.25, -0.2) is 9.97 Å². The van der Waals surface area contributed by atoms with Crippen LogP contribution < -0.4 is 5.56 Å². The predicted octanol–water partition coefficient (Wildman–Crippen LogP) is 2.80. The molecule has 118 valence electrons. The molecule has 0 saturated carbocycles. The summed E-state index contributed by atoms with van der Waals surface area (Å²) < 4.78 is 1.91. The van der Waals surface area contributed by atoms with Crippen LogP contribution in [-0.2, 0) is 5.75 Å². The Labute approximate surface area is 141 Å². The molecular formula is C17H13N5OS. The van der Waals surface area contributed by atoms with Crippen LogP contribution in [0.4, 0.5) is 0 Å². The number of nitrogens with zero attached hydrogens (tertiary/aromatic N) is 4. The topological polar surface area (TPSA) is 76.5 Å². The Kier molecular flexibility index (Phi) is 3.84. The highest BCUT2D eigenvalue weighted by Crippen LogP contribution is 2.27. The molecule has 24 heavy (non-hydrogen) atoms. The molecule has 0 saturated heterocycles. The zero-order valence-corrected chi connectivity index (χ0v) is 13.4. The number of aromatic amines is 1. The third-order valence-electron chi connectivity index (χ3n) is 3.53. The lowest BCUT2D eigenvalue weighted by atomic mass is 10.3. The molecule has 6 nitrogen and oxygen atoms in total. The monoisotopic (exact) mass is 335 g/mol. The quantitative estimate of drug-likeness (QED) is 0.580. The third kappa shape index (κ3) is 2.69. The zero-order valence-electron chi connectivity index (χ0n) is 12.6. The van der Waals surface area contributed by atoms with Crippen molar-refractivity contribution in [2.75, 3.05) is 0 Å². The van der Waals surface area contributed by atoms with Gasteiger partial charge in [0.2, 0.25) is 0 Å².